The first-order valence-electron chi connectivity index (χ1n) is 6.30. The number of nitrogens with zero attached hydrogens (tertiary/aromatic N) is 2. The van der Waals surface area contributed by atoms with Crippen molar-refractivity contribution in [2.45, 2.75) is 26.4 Å². The van der Waals surface area contributed by atoms with E-state index in [1.807, 2.05) is 38.1 Å². The minimum Gasteiger partial charge on any atom is -0.497 e. The highest BCUT2D eigenvalue weighted by Gasteiger charge is 2.14. The van der Waals surface area contributed by atoms with E-state index in [4.69, 9.17) is 14.7 Å². The van der Waals surface area contributed by atoms with Crippen LogP contribution in [0.3, 0.4) is 0 Å². The predicted molar refractivity (Wildman–Crippen MR) is 78.2 cm³/mol. The van der Waals surface area contributed by atoms with Crippen LogP contribution in [0.15, 0.2) is 24.3 Å². The second-order valence-electron chi connectivity index (χ2n) is 4.55. The van der Waals surface area contributed by atoms with Gasteiger partial charge < -0.3 is 9.47 Å². The van der Waals surface area contributed by atoms with Gasteiger partial charge in [0.25, 0.3) is 0 Å². The van der Waals surface area contributed by atoms with Crippen molar-refractivity contribution >= 4 is 11.3 Å². The molecule has 0 saturated carbocycles. The molecule has 0 N–H and O–H groups in total. The first-order valence-corrected chi connectivity index (χ1v) is 7.12. The van der Waals surface area contributed by atoms with Crippen molar-refractivity contribution in [1.82, 2.24) is 4.98 Å². The van der Waals surface area contributed by atoms with E-state index in [2.05, 4.69) is 11.1 Å². The van der Waals surface area contributed by atoms with E-state index in [1.165, 1.54) is 11.3 Å². The Balaban J connectivity index is 2.05. The van der Waals surface area contributed by atoms with Crippen LogP contribution in [0.1, 0.15) is 35.3 Å². The van der Waals surface area contributed by atoms with Crippen LogP contribution in [0.25, 0.3) is 0 Å². The monoisotopic (exact) mass is 288 g/mol. The minimum atomic E-state index is 0.246. The quantitative estimate of drug-likeness (QED) is 0.841. The molecule has 0 radical (unpaired) electrons. The van der Waals surface area contributed by atoms with Gasteiger partial charge in [-0.1, -0.05) is 13.8 Å². The molecule has 0 spiro atoms. The Morgan fingerprint density at radius 1 is 1.25 bits per heavy atom. The Morgan fingerprint density at radius 3 is 2.40 bits per heavy atom. The fourth-order valence-electron chi connectivity index (χ4n) is 1.73. The summed E-state index contributed by atoms with van der Waals surface area (Å²) >= 11 is 1.39. The standard InChI is InChI=1S/C15H16N2O2S/c1-10(2)15-13(8-16)20-14(17-15)9-19-12-6-4-11(18-3)5-7-12/h4-7,10H,9H2,1-3H3. The molecule has 0 unspecified atom stereocenters. The Hall–Kier alpha value is -2.06. The fourth-order valence-corrected chi connectivity index (χ4v) is 2.66. The molecule has 0 saturated heterocycles. The van der Waals surface area contributed by atoms with Gasteiger partial charge in [0.1, 0.15) is 34.1 Å². The number of hydrogen-bond acceptors (Lipinski definition) is 5. The van der Waals surface area contributed by atoms with Gasteiger partial charge in [-0.05, 0) is 30.2 Å². The number of thiazole rings is 1. The maximum Gasteiger partial charge on any atom is 0.140 e. The van der Waals surface area contributed by atoms with Gasteiger partial charge in [-0.15, -0.1) is 11.3 Å². The van der Waals surface area contributed by atoms with E-state index in [-0.39, 0.29) is 5.92 Å². The molecule has 0 bridgehead atoms. The highest BCUT2D eigenvalue weighted by Crippen LogP contribution is 2.25. The molecule has 104 valence electrons. The first kappa shape index (κ1) is 14.4. The number of nitriles is 1. The maximum absolute atomic E-state index is 9.09. The molecule has 4 nitrogen and oxygen atoms in total. The summed E-state index contributed by atoms with van der Waals surface area (Å²) in [5, 5.41) is 9.91. The van der Waals surface area contributed by atoms with Crippen molar-refractivity contribution in [3.63, 3.8) is 0 Å². The average molecular weight is 288 g/mol. The molecule has 0 aliphatic rings. The van der Waals surface area contributed by atoms with Crippen LogP contribution in [0.2, 0.25) is 0 Å². The lowest BCUT2D eigenvalue weighted by molar-refractivity contribution is 0.304. The second kappa shape index (κ2) is 6.40. The number of ether oxygens (including phenoxy) is 2. The van der Waals surface area contributed by atoms with Crippen LogP contribution >= 0.6 is 11.3 Å². The second-order valence-corrected chi connectivity index (χ2v) is 5.64. The Morgan fingerprint density at radius 2 is 1.90 bits per heavy atom. The van der Waals surface area contributed by atoms with Crippen LogP contribution in [-0.2, 0) is 6.61 Å². The predicted octanol–water partition coefficient (Wildman–Crippen LogP) is 3.73. The zero-order valence-electron chi connectivity index (χ0n) is 11.7. The van der Waals surface area contributed by atoms with Crippen LogP contribution in [0.5, 0.6) is 11.5 Å². The minimum absolute atomic E-state index is 0.246. The summed E-state index contributed by atoms with van der Waals surface area (Å²) in [6, 6.07) is 9.58. The molecule has 1 heterocycles. The number of aromatic nitrogens is 1. The Kier molecular flexibility index (Phi) is 4.59. The Labute approximate surface area is 122 Å². The highest BCUT2D eigenvalue weighted by molar-refractivity contribution is 7.12. The summed E-state index contributed by atoms with van der Waals surface area (Å²) in [4.78, 5) is 5.15. The van der Waals surface area contributed by atoms with Crippen molar-refractivity contribution in [2.24, 2.45) is 0 Å². The van der Waals surface area contributed by atoms with E-state index >= 15 is 0 Å². The molecule has 0 fully saturated rings. The van der Waals surface area contributed by atoms with E-state index in [1.54, 1.807) is 7.11 Å². The Bertz CT molecular complexity index is 612. The third-order valence-corrected chi connectivity index (χ3v) is 3.72. The molecule has 0 atom stereocenters. The van der Waals surface area contributed by atoms with Gasteiger partial charge in [0.15, 0.2) is 0 Å². The normalized spacial score (nSPS) is 10.3. The summed E-state index contributed by atoms with van der Waals surface area (Å²) in [6.07, 6.45) is 0. The van der Waals surface area contributed by atoms with Crippen LogP contribution in [0.4, 0.5) is 0 Å². The van der Waals surface area contributed by atoms with Crippen molar-refractivity contribution < 1.29 is 9.47 Å². The summed E-state index contributed by atoms with van der Waals surface area (Å²) < 4.78 is 10.8. The molecule has 20 heavy (non-hydrogen) atoms. The van der Waals surface area contributed by atoms with E-state index < -0.39 is 0 Å². The molecular formula is C15H16N2O2S. The van der Waals surface area contributed by atoms with E-state index in [0.29, 0.717) is 11.5 Å². The molecule has 0 aliphatic carbocycles. The molecule has 2 aromatic rings. The maximum atomic E-state index is 9.09. The lowest BCUT2D eigenvalue weighted by atomic mass is 10.1. The molecule has 5 heteroatoms. The summed E-state index contributed by atoms with van der Waals surface area (Å²) in [5.41, 5.74) is 0.853. The molecular weight excluding hydrogens is 272 g/mol. The third kappa shape index (κ3) is 3.28. The van der Waals surface area contributed by atoms with Gasteiger partial charge in [0.2, 0.25) is 0 Å². The average Bonchev–Trinajstić information content (AvgIpc) is 2.89. The molecule has 0 amide bonds. The zero-order valence-corrected chi connectivity index (χ0v) is 12.5. The van der Waals surface area contributed by atoms with Gasteiger partial charge in [-0.25, -0.2) is 4.98 Å². The van der Waals surface area contributed by atoms with Crippen molar-refractivity contribution in [2.75, 3.05) is 7.11 Å². The van der Waals surface area contributed by atoms with Gasteiger partial charge in [-0.2, -0.15) is 5.26 Å². The first-order chi connectivity index (χ1) is 9.63. The third-order valence-electron chi connectivity index (χ3n) is 2.77. The number of benzene rings is 1. The van der Waals surface area contributed by atoms with Crippen molar-refractivity contribution in [1.29, 1.82) is 5.26 Å². The summed E-state index contributed by atoms with van der Waals surface area (Å²) in [7, 11) is 1.63. The molecule has 1 aromatic heterocycles. The topological polar surface area (TPSA) is 55.1 Å². The van der Waals surface area contributed by atoms with Crippen molar-refractivity contribution in [3.8, 4) is 17.6 Å². The number of rotatable bonds is 5. The number of hydrogen-bond donors (Lipinski definition) is 0. The lowest BCUT2D eigenvalue weighted by Gasteiger charge is -2.05. The molecule has 1 aromatic carbocycles. The molecule has 2 rings (SSSR count). The highest BCUT2D eigenvalue weighted by atomic mass is 32.1. The van der Waals surface area contributed by atoms with Crippen LogP contribution in [-0.4, -0.2) is 12.1 Å². The van der Waals surface area contributed by atoms with Gasteiger partial charge in [0, 0.05) is 0 Å². The van der Waals surface area contributed by atoms with Crippen molar-refractivity contribution in [3.05, 3.63) is 39.8 Å². The SMILES string of the molecule is COc1ccc(OCc2nc(C(C)C)c(C#N)s2)cc1. The smallest absolute Gasteiger partial charge is 0.140 e. The van der Waals surface area contributed by atoms with Gasteiger partial charge in [-0.3, -0.25) is 0 Å². The fraction of sp³-hybridized carbons (Fsp3) is 0.333. The largest absolute Gasteiger partial charge is 0.497 e. The van der Waals surface area contributed by atoms with Gasteiger partial charge in [0.05, 0.1) is 12.8 Å². The van der Waals surface area contributed by atoms with E-state index in [0.717, 1.165) is 22.2 Å². The van der Waals surface area contributed by atoms with Crippen LogP contribution in [0, 0.1) is 11.3 Å². The summed E-state index contributed by atoms with van der Waals surface area (Å²) in [5.74, 6) is 1.79. The van der Waals surface area contributed by atoms with Crippen LogP contribution < -0.4 is 9.47 Å². The summed E-state index contributed by atoms with van der Waals surface area (Å²) in [6.45, 7) is 4.44. The molecule has 0 aliphatic heterocycles. The van der Waals surface area contributed by atoms with E-state index in [9.17, 15) is 0 Å². The lowest BCUT2D eigenvalue weighted by Crippen LogP contribution is -1.96. The number of methoxy groups -OCH3 is 1. The zero-order chi connectivity index (χ0) is 14.5. The van der Waals surface area contributed by atoms with Gasteiger partial charge >= 0.3 is 0 Å².